The van der Waals surface area contributed by atoms with Gasteiger partial charge in [-0.15, -0.1) is 0 Å². The quantitative estimate of drug-likeness (QED) is 0.422. The van der Waals surface area contributed by atoms with Crippen molar-refractivity contribution in [2.24, 2.45) is 5.41 Å². The fraction of sp³-hybridized carbons (Fsp3) is 0.500. The molecule has 0 saturated heterocycles. The highest BCUT2D eigenvalue weighted by molar-refractivity contribution is 5.92. The van der Waals surface area contributed by atoms with Crippen molar-refractivity contribution in [1.29, 1.82) is 0 Å². The molecule has 2 nitrogen and oxygen atoms in total. The lowest BCUT2D eigenvalue weighted by Gasteiger charge is -2.23. The summed E-state index contributed by atoms with van der Waals surface area (Å²) in [6, 6.07) is -0.106. The first-order chi connectivity index (χ1) is 6.68. The summed E-state index contributed by atoms with van der Waals surface area (Å²) < 4.78 is 0. The molecule has 2 heteroatoms. The number of nitrogens with zero attached hydrogens (tertiary/aromatic N) is 1. The molecule has 0 bridgehead atoms. The molecular formula is C12H13NO. The summed E-state index contributed by atoms with van der Waals surface area (Å²) in [6.07, 6.45) is 8.09. The van der Waals surface area contributed by atoms with Crippen molar-refractivity contribution < 1.29 is 4.79 Å². The van der Waals surface area contributed by atoms with E-state index in [2.05, 4.69) is 4.85 Å². The first kappa shape index (κ1) is 9.21. The van der Waals surface area contributed by atoms with Gasteiger partial charge in [0, 0.05) is 18.4 Å². The van der Waals surface area contributed by atoms with E-state index in [0.29, 0.717) is 6.42 Å². The van der Waals surface area contributed by atoms with Crippen molar-refractivity contribution in [3.8, 4) is 0 Å². The molecule has 0 amide bonds. The van der Waals surface area contributed by atoms with Gasteiger partial charge >= 0.3 is 0 Å². The minimum Gasteiger partial charge on any atom is -0.308 e. The maximum absolute atomic E-state index is 11.8. The van der Waals surface area contributed by atoms with Crippen LogP contribution in [0.5, 0.6) is 0 Å². The Kier molecular flexibility index (Phi) is 2.03. The number of carbonyl (C=O) groups excluding carboxylic acids is 1. The summed E-state index contributed by atoms with van der Waals surface area (Å²) in [5, 5.41) is 0. The maximum atomic E-state index is 11.8. The number of Topliss-reactive ketones (excluding diaryl/α,β-unsaturated/α-hetero) is 1. The summed E-state index contributed by atoms with van der Waals surface area (Å²) in [7, 11) is 0. The molecule has 0 heterocycles. The van der Waals surface area contributed by atoms with Gasteiger partial charge in [0.2, 0.25) is 6.04 Å². The molecule has 0 spiro atoms. The van der Waals surface area contributed by atoms with Crippen molar-refractivity contribution in [3.05, 3.63) is 35.2 Å². The minimum atomic E-state index is -0.373. The average molecular weight is 187 g/mol. The van der Waals surface area contributed by atoms with Gasteiger partial charge in [-0.1, -0.05) is 18.2 Å². The number of rotatable bonds is 0. The Morgan fingerprint density at radius 3 is 3.07 bits per heavy atom. The second-order valence-corrected chi connectivity index (χ2v) is 4.18. The van der Waals surface area contributed by atoms with E-state index in [9.17, 15) is 4.79 Å². The molecule has 0 radical (unpaired) electrons. The Labute approximate surface area is 84.1 Å². The van der Waals surface area contributed by atoms with Crippen LogP contribution in [-0.4, -0.2) is 11.8 Å². The molecule has 2 aliphatic rings. The normalized spacial score (nSPS) is 35.9. The second kappa shape index (κ2) is 3.09. The van der Waals surface area contributed by atoms with Crippen molar-refractivity contribution in [1.82, 2.24) is 0 Å². The van der Waals surface area contributed by atoms with Crippen LogP contribution in [0, 0.1) is 12.0 Å². The molecule has 0 aromatic heterocycles. The van der Waals surface area contributed by atoms with Gasteiger partial charge in [0.1, 0.15) is 5.78 Å². The predicted octanol–water partition coefficient (Wildman–Crippen LogP) is 2.53. The Balaban J connectivity index is 2.43. The molecule has 0 aliphatic heterocycles. The highest BCUT2D eigenvalue weighted by atomic mass is 16.1. The Morgan fingerprint density at radius 1 is 1.57 bits per heavy atom. The van der Waals surface area contributed by atoms with Gasteiger partial charge < -0.3 is 4.85 Å². The summed E-state index contributed by atoms with van der Waals surface area (Å²) >= 11 is 0. The highest BCUT2D eigenvalue weighted by Gasteiger charge is 2.45. The predicted molar refractivity (Wildman–Crippen MR) is 54.6 cm³/mol. The molecule has 0 N–H and O–H groups in total. The van der Waals surface area contributed by atoms with E-state index in [0.717, 1.165) is 18.4 Å². The third-order valence-corrected chi connectivity index (χ3v) is 3.33. The largest absolute Gasteiger partial charge is 0.308 e. The van der Waals surface area contributed by atoms with Crippen LogP contribution in [0.4, 0.5) is 0 Å². The number of hydrogen-bond donors (Lipinski definition) is 0. The lowest BCUT2D eigenvalue weighted by atomic mass is 9.77. The number of carbonyl (C=O) groups is 1. The Hall–Kier alpha value is -1.36. The molecule has 14 heavy (non-hydrogen) atoms. The lowest BCUT2D eigenvalue weighted by molar-refractivity contribution is -0.124. The van der Waals surface area contributed by atoms with Gasteiger partial charge in [0.25, 0.3) is 0 Å². The number of fused-ring (bicyclic) bond motifs is 1. The van der Waals surface area contributed by atoms with Gasteiger partial charge in [-0.05, 0) is 13.3 Å². The van der Waals surface area contributed by atoms with Crippen molar-refractivity contribution >= 4 is 5.78 Å². The minimum absolute atomic E-state index is 0.106. The number of ketones is 1. The second-order valence-electron chi connectivity index (χ2n) is 4.18. The molecule has 72 valence electrons. The average Bonchev–Trinajstić information content (AvgIpc) is 2.37. The zero-order valence-electron chi connectivity index (χ0n) is 8.29. The van der Waals surface area contributed by atoms with Crippen LogP contribution in [0.15, 0.2) is 23.8 Å². The summed E-state index contributed by atoms with van der Waals surface area (Å²) in [4.78, 5) is 15.4. The summed E-state index contributed by atoms with van der Waals surface area (Å²) in [6.45, 7) is 9.11. The molecule has 2 atom stereocenters. The molecule has 0 aromatic rings. The van der Waals surface area contributed by atoms with E-state index < -0.39 is 0 Å². The van der Waals surface area contributed by atoms with Gasteiger partial charge in [0.15, 0.2) is 0 Å². The Bertz CT molecular complexity index is 372. The maximum Gasteiger partial charge on any atom is 0.249 e. The van der Waals surface area contributed by atoms with Crippen LogP contribution in [0.25, 0.3) is 4.85 Å². The van der Waals surface area contributed by atoms with Gasteiger partial charge in [-0.2, -0.15) is 0 Å². The monoisotopic (exact) mass is 187 g/mol. The van der Waals surface area contributed by atoms with Crippen molar-refractivity contribution in [2.75, 3.05) is 0 Å². The van der Waals surface area contributed by atoms with Gasteiger partial charge in [-0.3, -0.25) is 4.79 Å². The zero-order valence-corrected chi connectivity index (χ0v) is 8.29. The third kappa shape index (κ3) is 1.13. The van der Waals surface area contributed by atoms with Crippen LogP contribution in [0.3, 0.4) is 0 Å². The fourth-order valence-corrected chi connectivity index (χ4v) is 2.34. The molecule has 2 rings (SSSR count). The van der Waals surface area contributed by atoms with E-state index in [1.165, 1.54) is 0 Å². The highest BCUT2D eigenvalue weighted by Crippen LogP contribution is 2.44. The molecule has 0 unspecified atom stereocenters. The number of hydrogen-bond acceptors (Lipinski definition) is 1. The standard InChI is InChI=1S/C12H13NO/c1-12-8-4-3-5-10(13-2)9(12)6-7-11(12)14/h3-4,6,10H,5,7-8H2,1H3/t10-,12+/m1/s1. The lowest BCUT2D eigenvalue weighted by Crippen LogP contribution is -2.28. The topological polar surface area (TPSA) is 21.4 Å². The first-order valence-corrected chi connectivity index (χ1v) is 4.94. The van der Waals surface area contributed by atoms with Crippen molar-refractivity contribution in [2.45, 2.75) is 32.2 Å². The van der Waals surface area contributed by atoms with Gasteiger partial charge in [0.05, 0.1) is 5.41 Å². The zero-order chi connectivity index (χ0) is 10.2. The SMILES string of the molecule is [C-]#[N+][C@@H]1CC=CC[C@]2(C)C(=O)CC=C12. The first-order valence-electron chi connectivity index (χ1n) is 4.94. The van der Waals surface area contributed by atoms with Crippen LogP contribution in [0.1, 0.15) is 26.2 Å². The smallest absolute Gasteiger partial charge is 0.249 e. The molecule has 2 aliphatic carbocycles. The molecular weight excluding hydrogens is 174 g/mol. The molecule has 0 fully saturated rings. The Morgan fingerprint density at radius 2 is 2.36 bits per heavy atom. The summed E-state index contributed by atoms with van der Waals surface area (Å²) in [5.41, 5.74) is 0.685. The van der Waals surface area contributed by atoms with E-state index in [1.807, 2.05) is 25.2 Å². The van der Waals surface area contributed by atoms with Gasteiger partial charge in [-0.25, -0.2) is 6.57 Å². The van der Waals surface area contributed by atoms with Crippen molar-refractivity contribution in [3.63, 3.8) is 0 Å². The van der Waals surface area contributed by atoms with Crippen LogP contribution in [0.2, 0.25) is 0 Å². The van der Waals surface area contributed by atoms with E-state index in [1.54, 1.807) is 0 Å². The van der Waals surface area contributed by atoms with Crippen LogP contribution < -0.4 is 0 Å². The fourth-order valence-electron chi connectivity index (χ4n) is 2.34. The van der Waals surface area contributed by atoms with E-state index >= 15 is 0 Å². The summed E-state index contributed by atoms with van der Waals surface area (Å²) in [5.74, 6) is 0.271. The third-order valence-electron chi connectivity index (χ3n) is 3.33. The van der Waals surface area contributed by atoms with Crippen LogP contribution in [-0.2, 0) is 4.79 Å². The van der Waals surface area contributed by atoms with Crippen LogP contribution >= 0.6 is 0 Å². The van der Waals surface area contributed by atoms with E-state index in [-0.39, 0.29) is 17.2 Å². The number of allylic oxidation sites excluding steroid dienone is 2. The molecule has 0 saturated carbocycles. The molecule has 0 aromatic carbocycles. The van der Waals surface area contributed by atoms with E-state index in [4.69, 9.17) is 6.57 Å².